The minimum Gasteiger partial charge on any atom is -0.870 e. The Morgan fingerprint density at radius 2 is 1.55 bits per heavy atom. The molecule has 0 aliphatic carbocycles. The summed E-state index contributed by atoms with van der Waals surface area (Å²) in [5.41, 5.74) is 1.47. The number of hydrogen-bond donors (Lipinski definition) is 0. The van der Waals surface area contributed by atoms with E-state index in [1.807, 2.05) is 45.0 Å². The maximum Gasteiger partial charge on any atom is -0.870 e. The average molecular weight is 306 g/mol. The third kappa shape index (κ3) is 5.58. The van der Waals surface area contributed by atoms with Gasteiger partial charge in [-0.2, -0.15) is 0 Å². The van der Waals surface area contributed by atoms with Crippen LogP contribution in [0.4, 0.5) is 10.5 Å². The summed E-state index contributed by atoms with van der Waals surface area (Å²) in [7, 11) is 5.69. The number of benzene rings is 1. The number of carbonyl (C=O) groups excluding carboxylic acids is 1. The molecule has 0 saturated carbocycles. The number of nitrogens with zero attached hydrogens (tertiary/aromatic N) is 2. The zero-order valence-electron chi connectivity index (χ0n) is 13.3. The molecule has 0 radical (unpaired) electrons. The molecule has 1 saturated heterocycles. The quantitative estimate of drug-likeness (QED) is 0.726. The summed E-state index contributed by atoms with van der Waals surface area (Å²) >= 11 is 0. The van der Waals surface area contributed by atoms with Gasteiger partial charge < -0.3 is 11.0 Å². The molecular weight excluding hydrogens is 283 g/mol. The van der Waals surface area contributed by atoms with E-state index in [0.29, 0.717) is 13.1 Å². The molecule has 1 aromatic carbocycles. The first-order chi connectivity index (χ1) is 9.35. The fraction of sp³-hybridized carbons (Fsp3) is 0.533. The van der Waals surface area contributed by atoms with Gasteiger partial charge in [0.15, 0.2) is 0 Å². The van der Waals surface area contributed by atoms with Gasteiger partial charge in [-0.3, -0.25) is 0 Å². The van der Waals surface area contributed by atoms with E-state index in [2.05, 4.69) is 4.90 Å². The first kappa shape index (κ1) is 20.3. The molecular formula is C15H23BN2O4. The van der Waals surface area contributed by atoms with E-state index < -0.39 is 5.60 Å². The molecule has 1 fully saturated rings. The number of piperazine rings is 1. The van der Waals surface area contributed by atoms with E-state index in [1.165, 1.54) is 0 Å². The van der Waals surface area contributed by atoms with Crippen molar-refractivity contribution < 1.29 is 20.5 Å². The molecule has 0 atom stereocenters. The predicted molar refractivity (Wildman–Crippen MR) is 85.7 cm³/mol. The van der Waals surface area contributed by atoms with E-state index in [1.54, 1.807) is 4.90 Å². The summed E-state index contributed by atoms with van der Waals surface area (Å²) in [5, 5.41) is 0. The van der Waals surface area contributed by atoms with Gasteiger partial charge in [-0.1, -0.05) is 0 Å². The van der Waals surface area contributed by atoms with E-state index in [-0.39, 0.29) is 17.0 Å². The fourth-order valence-electron chi connectivity index (χ4n) is 2.16. The number of hydrogen-bond acceptors (Lipinski definition) is 5. The van der Waals surface area contributed by atoms with Crippen LogP contribution in [0.1, 0.15) is 20.8 Å². The fourth-order valence-corrected chi connectivity index (χ4v) is 2.16. The summed E-state index contributed by atoms with van der Waals surface area (Å²) in [6.45, 7) is 8.63. The molecule has 22 heavy (non-hydrogen) atoms. The van der Waals surface area contributed by atoms with Gasteiger partial charge in [0.1, 0.15) is 0 Å². The molecule has 0 aromatic heterocycles. The second kappa shape index (κ2) is 8.05. The van der Waals surface area contributed by atoms with Gasteiger partial charge >= 0.3 is 121 Å². The maximum absolute atomic E-state index is 12.0. The largest absolute Gasteiger partial charge is 0.870 e. The van der Waals surface area contributed by atoms with Crippen LogP contribution >= 0.6 is 0 Å². The van der Waals surface area contributed by atoms with Gasteiger partial charge in [0, 0.05) is 0 Å². The monoisotopic (exact) mass is 306 g/mol. The minimum absolute atomic E-state index is 0. The number of ether oxygens (including phenoxy) is 1. The predicted octanol–water partition coefficient (Wildman–Crippen LogP) is 1.18. The standard InChI is InChI=1S/C15H21BN2O2.2H2O/c1-15(2,3)20-14(19)18-10-8-17(9-11-18)13-6-4-12(16)5-7-13;;/h4-7H,8-11H2,1-3H3;2*1H2/q+2;;/p-2. The zero-order valence-corrected chi connectivity index (χ0v) is 13.3. The number of carbonyl (C=O) groups is 1. The van der Waals surface area contributed by atoms with Gasteiger partial charge in [0.25, 0.3) is 0 Å². The van der Waals surface area contributed by atoms with Gasteiger partial charge in [0.2, 0.25) is 0 Å². The first-order valence-electron chi connectivity index (χ1n) is 6.93. The molecule has 6 nitrogen and oxygen atoms in total. The Bertz CT molecular complexity index is 465. The van der Waals surface area contributed by atoms with Crippen LogP contribution in [0.5, 0.6) is 0 Å². The van der Waals surface area contributed by atoms with Crippen molar-refractivity contribution in [3.8, 4) is 0 Å². The average Bonchev–Trinajstić information content (AvgIpc) is 2.38. The normalized spacial score (nSPS) is 14.8. The molecule has 0 bridgehead atoms. The number of rotatable bonds is 1. The molecule has 1 amide bonds. The van der Waals surface area contributed by atoms with Crippen molar-refractivity contribution in [2.75, 3.05) is 31.1 Å². The van der Waals surface area contributed by atoms with Gasteiger partial charge in [-0.25, -0.2) is 0 Å². The molecule has 2 N–H and O–H groups in total. The van der Waals surface area contributed by atoms with Crippen LogP contribution in [0.15, 0.2) is 24.3 Å². The van der Waals surface area contributed by atoms with Crippen molar-refractivity contribution in [1.29, 1.82) is 0 Å². The molecule has 120 valence electrons. The third-order valence-electron chi connectivity index (χ3n) is 3.19. The summed E-state index contributed by atoms with van der Waals surface area (Å²) in [6.07, 6.45) is -0.227. The third-order valence-corrected chi connectivity index (χ3v) is 3.19. The summed E-state index contributed by atoms with van der Waals surface area (Å²) in [4.78, 5) is 16.0. The smallest absolute Gasteiger partial charge is 0.870 e. The maximum atomic E-state index is 12.0. The van der Waals surface area contributed by atoms with E-state index in [4.69, 9.17) is 12.6 Å². The van der Waals surface area contributed by atoms with Crippen molar-refractivity contribution in [2.24, 2.45) is 0 Å². The Kier molecular flexibility index (Phi) is 7.42. The molecule has 0 spiro atoms. The van der Waals surface area contributed by atoms with E-state index >= 15 is 0 Å². The SMILES string of the molecule is [B+2]c1ccc(N2CCN(C(=O)OC(C)(C)C)CC2)cc1.[OH-].[OH-]. The van der Waals surface area contributed by atoms with Crippen molar-refractivity contribution in [1.82, 2.24) is 4.90 Å². The summed E-state index contributed by atoms with van der Waals surface area (Å²) < 4.78 is 5.39. The molecule has 1 aliphatic rings. The molecule has 2 rings (SSSR count). The Morgan fingerprint density at radius 1 is 1.05 bits per heavy atom. The van der Waals surface area contributed by atoms with E-state index in [0.717, 1.165) is 24.2 Å². The Labute approximate surface area is 133 Å². The van der Waals surface area contributed by atoms with Crippen LogP contribution in [0.2, 0.25) is 0 Å². The van der Waals surface area contributed by atoms with Crippen LogP contribution < -0.4 is 10.4 Å². The second-order valence-electron chi connectivity index (χ2n) is 6.05. The van der Waals surface area contributed by atoms with Gasteiger partial charge in [-0.05, 0) is 0 Å². The van der Waals surface area contributed by atoms with Crippen LogP contribution in [0.25, 0.3) is 0 Å². The zero-order chi connectivity index (χ0) is 14.8. The summed E-state index contributed by atoms with van der Waals surface area (Å²) in [5.74, 6) is 0. The molecule has 0 unspecified atom stereocenters. The second-order valence-corrected chi connectivity index (χ2v) is 6.05. The minimum atomic E-state index is -0.439. The summed E-state index contributed by atoms with van der Waals surface area (Å²) in [6, 6.07) is 7.82. The molecule has 1 aliphatic heterocycles. The number of amides is 1. The van der Waals surface area contributed by atoms with Crippen molar-refractivity contribution in [2.45, 2.75) is 26.4 Å². The molecule has 1 heterocycles. The topological polar surface area (TPSA) is 92.8 Å². The van der Waals surface area contributed by atoms with Crippen molar-refractivity contribution in [3.05, 3.63) is 24.3 Å². The van der Waals surface area contributed by atoms with Crippen LogP contribution in [0.3, 0.4) is 0 Å². The Morgan fingerprint density at radius 3 is 2.00 bits per heavy atom. The van der Waals surface area contributed by atoms with E-state index in [9.17, 15) is 4.79 Å². The molecule has 1 aromatic rings. The van der Waals surface area contributed by atoms with Gasteiger partial charge in [-0.15, -0.1) is 0 Å². The first-order valence-corrected chi connectivity index (χ1v) is 6.93. The van der Waals surface area contributed by atoms with Crippen LogP contribution in [0, 0.1) is 0 Å². The molecule has 7 heteroatoms. The van der Waals surface area contributed by atoms with Gasteiger partial charge in [0.05, 0.1) is 0 Å². The number of anilines is 1. The Hall–Kier alpha value is -1.73. The van der Waals surface area contributed by atoms with Crippen molar-refractivity contribution >= 4 is 25.1 Å². The van der Waals surface area contributed by atoms with Crippen molar-refractivity contribution in [3.63, 3.8) is 0 Å². The van der Waals surface area contributed by atoms with Crippen LogP contribution in [-0.2, 0) is 4.74 Å². The Balaban J connectivity index is 0.00000220. The van der Waals surface area contributed by atoms with Crippen LogP contribution in [-0.4, -0.2) is 61.6 Å².